The number of azo groups is 1. The summed E-state index contributed by atoms with van der Waals surface area (Å²) in [6, 6.07) is 14.0. The summed E-state index contributed by atoms with van der Waals surface area (Å²) in [5, 5.41) is 8.24. The van der Waals surface area contributed by atoms with Gasteiger partial charge in [0.2, 0.25) is 0 Å². The molecule has 0 atom stereocenters. The molecule has 0 saturated heterocycles. The van der Waals surface area contributed by atoms with Gasteiger partial charge in [-0.3, -0.25) is 0 Å². The van der Waals surface area contributed by atoms with Crippen molar-refractivity contribution in [3.63, 3.8) is 0 Å². The Kier molecular flexibility index (Phi) is 4.82. The molecular formula is C16H14N2O3. The normalized spacial score (nSPS) is 10.3. The van der Waals surface area contributed by atoms with E-state index in [4.69, 9.17) is 9.47 Å². The van der Waals surface area contributed by atoms with Crippen molar-refractivity contribution in [3.05, 3.63) is 61.2 Å². The molecule has 0 unspecified atom stereocenters. The van der Waals surface area contributed by atoms with Crippen LogP contribution < -0.4 is 9.47 Å². The third kappa shape index (κ3) is 4.01. The van der Waals surface area contributed by atoms with Crippen LogP contribution in [0.15, 0.2) is 71.4 Å². The summed E-state index contributed by atoms with van der Waals surface area (Å²) in [5.41, 5.74) is 1.28. The fourth-order valence-corrected chi connectivity index (χ4v) is 1.56. The van der Waals surface area contributed by atoms with Crippen molar-refractivity contribution >= 4 is 17.3 Å². The van der Waals surface area contributed by atoms with Crippen molar-refractivity contribution in [1.82, 2.24) is 0 Å². The van der Waals surface area contributed by atoms with E-state index in [1.54, 1.807) is 31.4 Å². The van der Waals surface area contributed by atoms with Crippen LogP contribution in [0.5, 0.6) is 11.5 Å². The molecule has 106 valence electrons. The molecule has 21 heavy (non-hydrogen) atoms. The number of hydrogen-bond donors (Lipinski definition) is 0. The lowest BCUT2D eigenvalue weighted by Crippen LogP contribution is -2.02. The Balaban J connectivity index is 2.11. The van der Waals surface area contributed by atoms with E-state index >= 15 is 0 Å². The summed E-state index contributed by atoms with van der Waals surface area (Å²) in [5.74, 6) is 0.576. The minimum Gasteiger partial charge on any atom is -0.494 e. The van der Waals surface area contributed by atoms with E-state index in [1.165, 1.54) is 0 Å². The second-order valence-corrected chi connectivity index (χ2v) is 3.99. The third-order valence-corrected chi connectivity index (χ3v) is 2.58. The van der Waals surface area contributed by atoms with E-state index in [0.29, 0.717) is 22.9 Å². The van der Waals surface area contributed by atoms with E-state index in [9.17, 15) is 4.79 Å². The number of esters is 1. The van der Waals surface area contributed by atoms with Crippen LogP contribution in [-0.2, 0) is 4.79 Å². The highest BCUT2D eigenvalue weighted by Crippen LogP contribution is 2.28. The summed E-state index contributed by atoms with van der Waals surface area (Å²) < 4.78 is 10.2. The maximum Gasteiger partial charge on any atom is 0.335 e. The minimum atomic E-state index is -0.501. The first kappa shape index (κ1) is 14.5. The Bertz CT molecular complexity index is 663. The lowest BCUT2D eigenvalue weighted by Gasteiger charge is -2.02. The fourth-order valence-electron chi connectivity index (χ4n) is 1.56. The average molecular weight is 282 g/mol. The molecule has 0 aliphatic heterocycles. The van der Waals surface area contributed by atoms with E-state index < -0.39 is 5.97 Å². The minimum absolute atomic E-state index is 0.427. The number of carbonyl (C=O) groups is 1. The zero-order valence-electron chi connectivity index (χ0n) is 11.5. The molecule has 0 N–H and O–H groups in total. The number of nitrogens with zero attached hydrogens (tertiary/aromatic N) is 2. The van der Waals surface area contributed by atoms with Crippen LogP contribution in [0.2, 0.25) is 0 Å². The van der Waals surface area contributed by atoms with Gasteiger partial charge in [-0.25, -0.2) is 4.79 Å². The van der Waals surface area contributed by atoms with Crippen molar-refractivity contribution in [2.24, 2.45) is 10.2 Å². The van der Waals surface area contributed by atoms with Crippen LogP contribution in [0.3, 0.4) is 0 Å². The predicted octanol–water partition coefficient (Wildman–Crippen LogP) is 4.20. The summed E-state index contributed by atoms with van der Waals surface area (Å²) in [4.78, 5) is 11.1. The van der Waals surface area contributed by atoms with E-state index in [0.717, 1.165) is 6.08 Å². The second-order valence-electron chi connectivity index (χ2n) is 3.99. The lowest BCUT2D eigenvalue weighted by atomic mass is 10.3. The molecule has 0 amide bonds. The lowest BCUT2D eigenvalue weighted by molar-refractivity contribution is -0.128. The zero-order valence-corrected chi connectivity index (χ0v) is 11.5. The highest BCUT2D eigenvalue weighted by molar-refractivity contribution is 5.83. The quantitative estimate of drug-likeness (QED) is 0.357. The maximum absolute atomic E-state index is 11.1. The first-order chi connectivity index (χ1) is 10.2. The third-order valence-electron chi connectivity index (χ3n) is 2.58. The van der Waals surface area contributed by atoms with Crippen molar-refractivity contribution in [2.45, 2.75) is 0 Å². The van der Waals surface area contributed by atoms with Crippen LogP contribution in [-0.4, -0.2) is 13.1 Å². The van der Waals surface area contributed by atoms with Gasteiger partial charge in [0.1, 0.15) is 17.2 Å². The smallest absolute Gasteiger partial charge is 0.335 e. The first-order valence-corrected chi connectivity index (χ1v) is 6.22. The highest BCUT2D eigenvalue weighted by Gasteiger charge is 2.01. The number of hydrogen-bond acceptors (Lipinski definition) is 5. The average Bonchev–Trinajstić information content (AvgIpc) is 2.54. The van der Waals surface area contributed by atoms with Crippen LogP contribution in [0, 0.1) is 0 Å². The molecule has 0 bridgehead atoms. The van der Waals surface area contributed by atoms with Gasteiger partial charge in [-0.05, 0) is 36.4 Å². The standard InChI is InChI=1S/C16H14N2O3/c1-3-16(19)21-13-10-8-12(9-11-13)17-18-14-6-4-5-7-15(14)20-2/h3-11H,1H2,2H3. The molecule has 0 fully saturated rings. The maximum atomic E-state index is 11.1. The van der Waals surface area contributed by atoms with Crippen LogP contribution in [0.1, 0.15) is 0 Å². The zero-order chi connectivity index (χ0) is 15.1. The Morgan fingerprint density at radius 3 is 2.48 bits per heavy atom. The summed E-state index contributed by atoms with van der Waals surface area (Å²) in [7, 11) is 1.58. The van der Waals surface area contributed by atoms with Gasteiger partial charge < -0.3 is 9.47 Å². The highest BCUT2D eigenvalue weighted by atomic mass is 16.5. The molecule has 5 nitrogen and oxygen atoms in total. The Hall–Kier alpha value is -2.95. The van der Waals surface area contributed by atoms with Gasteiger partial charge in [-0.2, -0.15) is 5.11 Å². The van der Waals surface area contributed by atoms with Crippen molar-refractivity contribution in [3.8, 4) is 11.5 Å². The largest absolute Gasteiger partial charge is 0.494 e. The second kappa shape index (κ2) is 7.00. The van der Waals surface area contributed by atoms with Crippen molar-refractivity contribution in [2.75, 3.05) is 7.11 Å². The van der Waals surface area contributed by atoms with Gasteiger partial charge >= 0.3 is 5.97 Å². The number of rotatable bonds is 5. The van der Waals surface area contributed by atoms with Crippen LogP contribution in [0.25, 0.3) is 0 Å². The Morgan fingerprint density at radius 1 is 1.10 bits per heavy atom. The molecule has 2 aromatic rings. The molecule has 0 heterocycles. The molecule has 0 saturated carbocycles. The summed E-state index contributed by atoms with van der Waals surface area (Å²) in [6.07, 6.45) is 1.11. The van der Waals surface area contributed by atoms with Gasteiger partial charge in [-0.15, -0.1) is 5.11 Å². The van der Waals surface area contributed by atoms with E-state index in [1.807, 2.05) is 24.3 Å². The molecular weight excluding hydrogens is 268 g/mol. The number of methoxy groups -OCH3 is 1. The Morgan fingerprint density at radius 2 is 1.81 bits per heavy atom. The van der Waals surface area contributed by atoms with Crippen LogP contribution in [0.4, 0.5) is 11.4 Å². The molecule has 0 aliphatic carbocycles. The summed E-state index contributed by atoms with van der Waals surface area (Å²) in [6.45, 7) is 3.33. The summed E-state index contributed by atoms with van der Waals surface area (Å²) >= 11 is 0. The SMILES string of the molecule is C=CC(=O)Oc1ccc(N=Nc2ccccc2OC)cc1. The monoisotopic (exact) mass is 282 g/mol. The van der Waals surface area contributed by atoms with Crippen LogP contribution >= 0.6 is 0 Å². The predicted molar refractivity (Wildman–Crippen MR) is 79.4 cm³/mol. The molecule has 2 rings (SSSR count). The number of para-hydroxylation sites is 1. The van der Waals surface area contributed by atoms with E-state index in [-0.39, 0.29) is 0 Å². The fraction of sp³-hybridized carbons (Fsp3) is 0.0625. The van der Waals surface area contributed by atoms with Gasteiger partial charge in [0.05, 0.1) is 12.8 Å². The molecule has 0 aliphatic rings. The molecule has 5 heteroatoms. The topological polar surface area (TPSA) is 60.2 Å². The van der Waals surface area contributed by atoms with Crippen molar-refractivity contribution in [1.29, 1.82) is 0 Å². The van der Waals surface area contributed by atoms with Crippen molar-refractivity contribution < 1.29 is 14.3 Å². The van der Waals surface area contributed by atoms with E-state index in [2.05, 4.69) is 16.8 Å². The number of carbonyl (C=O) groups excluding carboxylic acids is 1. The first-order valence-electron chi connectivity index (χ1n) is 6.22. The molecule has 0 spiro atoms. The number of ether oxygens (including phenoxy) is 2. The van der Waals surface area contributed by atoms with Gasteiger partial charge in [0.15, 0.2) is 0 Å². The van der Waals surface area contributed by atoms with Gasteiger partial charge in [0.25, 0.3) is 0 Å². The molecule has 0 aromatic heterocycles. The Labute approximate surface area is 122 Å². The van der Waals surface area contributed by atoms with Gasteiger partial charge in [-0.1, -0.05) is 18.7 Å². The number of benzene rings is 2. The molecule has 2 aromatic carbocycles. The van der Waals surface area contributed by atoms with Gasteiger partial charge in [0, 0.05) is 6.08 Å². The molecule has 0 radical (unpaired) electrons.